The number of carbonyl (C=O) groups excluding carboxylic acids is 1. The van der Waals surface area contributed by atoms with Crippen LogP contribution in [0.25, 0.3) is 0 Å². The number of nitrogens with zero attached hydrogens (tertiary/aromatic N) is 2. The second kappa shape index (κ2) is 11.6. The van der Waals surface area contributed by atoms with Crippen LogP contribution in [-0.2, 0) is 21.4 Å². The van der Waals surface area contributed by atoms with Crippen molar-refractivity contribution in [1.82, 2.24) is 9.21 Å². The molecule has 1 amide bonds. The van der Waals surface area contributed by atoms with Gasteiger partial charge < -0.3 is 23.8 Å². The number of methoxy groups -OCH3 is 3. The summed E-state index contributed by atoms with van der Waals surface area (Å²) >= 11 is 0. The lowest BCUT2D eigenvalue weighted by atomic mass is 10.0. The lowest BCUT2D eigenvalue weighted by molar-refractivity contribution is -0.132. The molecular formula is C25H34N2O7S. The van der Waals surface area contributed by atoms with E-state index >= 15 is 0 Å². The van der Waals surface area contributed by atoms with Crippen molar-refractivity contribution in [3.8, 4) is 23.0 Å². The van der Waals surface area contributed by atoms with E-state index in [0.29, 0.717) is 48.6 Å². The average Bonchev–Trinajstić information content (AvgIpc) is 2.87. The summed E-state index contributed by atoms with van der Waals surface area (Å²) in [5.41, 5.74) is 0.803. The van der Waals surface area contributed by atoms with Crippen molar-refractivity contribution in [2.75, 3.05) is 48.1 Å². The first-order valence-corrected chi connectivity index (χ1v) is 12.9. The molecule has 0 aromatic heterocycles. The molecule has 1 aliphatic heterocycles. The molecule has 9 nitrogen and oxygen atoms in total. The summed E-state index contributed by atoms with van der Waals surface area (Å²) in [6.45, 7) is 3.34. The first kappa shape index (κ1) is 26.6. The molecule has 1 aliphatic rings. The van der Waals surface area contributed by atoms with Crippen LogP contribution in [0, 0.1) is 5.92 Å². The van der Waals surface area contributed by atoms with Crippen LogP contribution in [0.5, 0.6) is 23.0 Å². The minimum atomic E-state index is -3.52. The highest BCUT2D eigenvalue weighted by molar-refractivity contribution is 7.89. The predicted molar refractivity (Wildman–Crippen MR) is 132 cm³/mol. The molecule has 1 fully saturated rings. The van der Waals surface area contributed by atoms with Gasteiger partial charge in [-0.1, -0.05) is 6.92 Å². The predicted octanol–water partition coefficient (Wildman–Crippen LogP) is 3.17. The lowest BCUT2D eigenvalue weighted by Gasteiger charge is -2.29. The third kappa shape index (κ3) is 6.37. The summed E-state index contributed by atoms with van der Waals surface area (Å²) in [6.07, 6.45) is 1.73. The Bertz CT molecular complexity index is 1090. The SMILES string of the molecule is COc1cc(CN(C)C(=O)COc2ccc(S(=O)(=O)N3CCC(C)CC3)cc2)cc(OC)c1OC. The van der Waals surface area contributed by atoms with Gasteiger partial charge >= 0.3 is 0 Å². The topological polar surface area (TPSA) is 94.6 Å². The molecule has 0 unspecified atom stereocenters. The first-order valence-electron chi connectivity index (χ1n) is 11.5. The van der Waals surface area contributed by atoms with E-state index < -0.39 is 10.0 Å². The van der Waals surface area contributed by atoms with E-state index in [9.17, 15) is 13.2 Å². The first-order chi connectivity index (χ1) is 16.7. The second-order valence-electron chi connectivity index (χ2n) is 8.63. The van der Waals surface area contributed by atoms with E-state index in [-0.39, 0.29) is 17.4 Å². The summed E-state index contributed by atoms with van der Waals surface area (Å²) in [6, 6.07) is 9.76. The molecule has 2 aromatic carbocycles. The molecule has 1 saturated heterocycles. The summed E-state index contributed by atoms with van der Waals surface area (Å²) in [4.78, 5) is 14.4. The molecule has 0 aliphatic carbocycles. The largest absolute Gasteiger partial charge is 0.493 e. The minimum absolute atomic E-state index is 0.183. The molecule has 0 N–H and O–H groups in total. The fourth-order valence-corrected chi connectivity index (χ4v) is 5.40. The van der Waals surface area contributed by atoms with Crippen molar-refractivity contribution in [3.63, 3.8) is 0 Å². The average molecular weight is 507 g/mol. The molecule has 10 heteroatoms. The smallest absolute Gasteiger partial charge is 0.260 e. The van der Waals surface area contributed by atoms with E-state index in [1.165, 1.54) is 42.7 Å². The fourth-order valence-electron chi connectivity index (χ4n) is 3.93. The van der Waals surface area contributed by atoms with Gasteiger partial charge in [0.05, 0.1) is 26.2 Å². The molecule has 3 rings (SSSR count). The molecule has 35 heavy (non-hydrogen) atoms. The maximum absolute atomic E-state index is 12.9. The van der Waals surface area contributed by atoms with Crippen LogP contribution in [0.15, 0.2) is 41.3 Å². The van der Waals surface area contributed by atoms with Crippen molar-refractivity contribution < 1.29 is 32.2 Å². The number of benzene rings is 2. The monoisotopic (exact) mass is 506 g/mol. The third-order valence-electron chi connectivity index (χ3n) is 6.14. The summed E-state index contributed by atoms with van der Waals surface area (Å²) in [7, 11) is 2.75. The lowest BCUT2D eigenvalue weighted by Crippen LogP contribution is -2.37. The number of amides is 1. The van der Waals surface area contributed by atoms with Gasteiger partial charge in [0.25, 0.3) is 5.91 Å². The molecule has 2 aromatic rings. The van der Waals surface area contributed by atoms with Crippen molar-refractivity contribution >= 4 is 15.9 Å². The van der Waals surface area contributed by atoms with E-state index in [0.717, 1.165) is 18.4 Å². The van der Waals surface area contributed by atoms with Crippen LogP contribution < -0.4 is 18.9 Å². The van der Waals surface area contributed by atoms with Gasteiger partial charge in [-0.25, -0.2) is 8.42 Å². The van der Waals surface area contributed by atoms with Crippen LogP contribution in [0.2, 0.25) is 0 Å². The van der Waals surface area contributed by atoms with Crippen molar-refractivity contribution in [1.29, 1.82) is 0 Å². The van der Waals surface area contributed by atoms with Gasteiger partial charge in [-0.05, 0) is 60.7 Å². The molecular weight excluding hydrogens is 472 g/mol. The van der Waals surface area contributed by atoms with Gasteiger partial charge in [-0.15, -0.1) is 0 Å². The minimum Gasteiger partial charge on any atom is -0.493 e. The van der Waals surface area contributed by atoms with Crippen LogP contribution in [0.1, 0.15) is 25.3 Å². The molecule has 0 saturated carbocycles. The standard InChI is InChI=1S/C25H34N2O7S/c1-18-10-12-27(13-11-18)35(29,30)21-8-6-20(7-9-21)34-17-24(28)26(2)16-19-14-22(31-3)25(33-5)23(15-19)32-4/h6-9,14-15,18H,10-13,16-17H2,1-5H3. The van der Waals surface area contributed by atoms with Gasteiger partial charge in [0.2, 0.25) is 15.8 Å². The Morgan fingerprint density at radius 2 is 1.57 bits per heavy atom. The number of sulfonamides is 1. The Hall–Kier alpha value is -2.98. The van der Waals surface area contributed by atoms with Crippen LogP contribution in [-0.4, -0.2) is 71.6 Å². The Morgan fingerprint density at radius 3 is 2.09 bits per heavy atom. The highest BCUT2D eigenvalue weighted by atomic mass is 32.2. The van der Waals surface area contributed by atoms with E-state index in [2.05, 4.69) is 6.92 Å². The Balaban J connectivity index is 1.58. The molecule has 192 valence electrons. The number of rotatable bonds is 10. The van der Waals surface area contributed by atoms with Gasteiger partial charge in [0.15, 0.2) is 18.1 Å². The highest BCUT2D eigenvalue weighted by Gasteiger charge is 2.28. The molecule has 0 radical (unpaired) electrons. The normalized spacial score (nSPS) is 14.9. The second-order valence-corrected chi connectivity index (χ2v) is 10.6. The van der Waals surface area contributed by atoms with Crippen molar-refractivity contribution in [3.05, 3.63) is 42.0 Å². The highest BCUT2D eigenvalue weighted by Crippen LogP contribution is 2.38. The maximum atomic E-state index is 12.9. The fraction of sp³-hybridized carbons (Fsp3) is 0.480. The van der Waals surface area contributed by atoms with Crippen LogP contribution in [0.4, 0.5) is 0 Å². The third-order valence-corrected chi connectivity index (χ3v) is 8.05. The van der Waals surface area contributed by atoms with Crippen molar-refractivity contribution in [2.45, 2.75) is 31.2 Å². The number of carbonyl (C=O) groups is 1. The number of piperidine rings is 1. The molecule has 0 bridgehead atoms. The van der Waals surface area contributed by atoms with E-state index in [1.54, 1.807) is 31.3 Å². The summed E-state index contributed by atoms with van der Waals surface area (Å²) in [5.74, 6) is 2.22. The van der Waals surface area contributed by atoms with Gasteiger partial charge in [0.1, 0.15) is 5.75 Å². The zero-order valence-corrected chi connectivity index (χ0v) is 21.8. The van der Waals surface area contributed by atoms with Gasteiger partial charge in [-0.2, -0.15) is 4.31 Å². The molecule has 1 heterocycles. The van der Waals surface area contributed by atoms with Crippen LogP contribution >= 0.6 is 0 Å². The Kier molecular flexibility index (Phi) is 8.85. The Labute approximate surface area is 207 Å². The van der Waals surface area contributed by atoms with E-state index in [1.807, 2.05) is 0 Å². The quantitative estimate of drug-likeness (QED) is 0.489. The van der Waals surface area contributed by atoms with E-state index in [4.69, 9.17) is 18.9 Å². The summed E-state index contributed by atoms with van der Waals surface area (Å²) in [5, 5.41) is 0. The maximum Gasteiger partial charge on any atom is 0.260 e. The summed E-state index contributed by atoms with van der Waals surface area (Å²) < 4.78 is 48.9. The number of likely N-dealkylation sites (N-methyl/N-ethyl adjacent to an activating group) is 1. The van der Waals surface area contributed by atoms with Gasteiger partial charge in [0, 0.05) is 26.7 Å². The zero-order valence-electron chi connectivity index (χ0n) is 20.9. The number of ether oxygens (including phenoxy) is 4. The number of hydrogen-bond donors (Lipinski definition) is 0. The molecule has 0 atom stereocenters. The zero-order chi connectivity index (χ0) is 25.6. The number of hydrogen-bond acceptors (Lipinski definition) is 7. The van der Waals surface area contributed by atoms with Crippen molar-refractivity contribution in [2.24, 2.45) is 5.92 Å². The van der Waals surface area contributed by atoms with Crippen LogP contribution in [0.3, 0.4) is 0 Å². The van der Waals surface area contributed by atoms with Gasteiger partial charge in [-0.3, -0.25) is 4.79 Å². The Morgan fingerprint density at radius 1 is 1.00 bits per heavy atom. The molecule has 0 spiro atoms.